The predicted molar refractivity (Wildman–Crippen MR) is 132 cm³/mol. The minimum absolute atomic E-state index is 0.341. The number of nitrogens with zero attached hydrogens (tertiary/aromatic N) is 3. The van der Waals surface area contributed by atoms with Crippen LogP contribution in [0, 0.1) is 4.77 Å². The number of ether oxygens (including phenoxy) is 2. The molecule has 33 heavy (non-hydrogen) atoms. The molecule has 2 aromatic heterocycles. The monoisotopic (exact) mass is 501 g/mol. The Kier molecular flexibility index (Phi) is 7.49. The first-order chi connectivity index (χ1) is 16.0. The van der Waals surface area contributed by atoms with Crippen LogP contribution in [0.2, 0.25) is 10.0 Å². The van der Waals surface area contributed by atoms with Gasteiger partial charge < -0.3 is 14.9 Å². The highest BCUT2D eigenvalue weighted by molar-refractivity contribution is 7.71. The van der Waals surface area contributed by atoms with Crippen LogP contribution in [-0.2, 0) is 13.2 Å². The summed E-state index contributed by atoms with van der Waals surface area (Å²) in [6.45, 7) is 3.28. The molecule has 4 rings (SSSR count). The second kappa shape index (κ2) is 10.7. The maximum atomic E-state index is 6.10. The Labute approximate surface area is 206 Å². The van der Waals surface area contributed by atoms with Crippen molar-refractivity contribution in [2.75, 3.05) is 12.0 Å². The molecule has 0 saturated carbocycles. The molecule has 2 N–H and O–H groups in total. The number of benzene rings is 2. The lowest BCUT2D eigenvalue weighted by atomic mass is 10.2. The van der Waals surface area contributed by atoms with Crippen molar-refractivity contribution in [3.8, 4) is 22.9 Å². The number of pyridine rings is 1. The van der Waals surface area contributed by atoms with Crippen LogP contribution in [0.15, 0.2) is 60.9 Å². The van der Waals surface area contributed by atoms with Crippen molar-refractivity contribution in [1.82, 2.24) is 19.9 Å². The third-order valence-corrected chi connectivity index (χ3v) is 5.75. The second-order valence-electron chi connectivity index (χ2n) is 7.01. The molecule has 2 heterocycles. The van der Waals surface area contributed by atoms with Crippen LogP contribution in [-0.4, -0.2) is 26.5 Å². The summed E-state index contributed by atoms with van der Waals surface area (Å²) in [5.41, 5.74) is 6.11. The third-order valence-electron chi connectivity index (χ3n) is 4.74. The molecule has 0 amide bonds. The first-order valence-corrected chi connectivity index (χ1v) is 11.4. The largest absolute Gasteiger partial charge is 0.490 e. The standard InChI is InChI=1S/C23H21Cl2N5O2S/c1-2-31-21-12-15(4-6-20(21)32-14-16-3-5-18(24)19(25)11-16)13-27-30-22(28-29-23(30)33)17-7-9-26-10-8-17/h3-12,27H,2,13-14H2,1H3,(H,29,33). The fourth-order valence-corrected chi connectivity index (χ4v) is 3.67. The van der Waals surface area contributed by atoms with Crippen LogP contribution in [0.1, 0.15) is 18.1 Å². The van der Waals surface area contributed by atoms with Crippen LogP contribution >= 0.6 is 35.4 Å². The highest BCUT2D eigenvalue weighted by Crippen LogP contribution is 2.30. The van der Waals surface area contributed by atoms with Gasteiger partial charge in [0.15, 0.2) is 17.3 Å². The van der Waals surface area contributed by atoms with E-state index in [0.717, 1.165) is 16.7 Å². The van der Waals surface area contributed by atoms with Crippen molar-refractivity contribution >= 4 is 35.4 Å². The number of aromatic amines is 1. The highest BCUT2D eigenvalue weighted by atomic mass is 35.5. The molecule has 0 aliphatic carbocycles. The first kappa shape index (κ1) is 23.1. The highest BCUT2D eigenvalue weighted by Gasteiger charge is 2.11. The summed E-state index contributed by atoms with van der Waals surface area (Å²) in [6.07, 6.45) is 3.42. The van der Waals surface area contributed by atoms with Crippen LogP contribution in [0.3, 0.4) is 0 Å². The van der Waals surface area contributed by atoms with Crippen LogP contribution in [0.5, 0.6) is 11.5 Å². The molecular weight excluding hydrogens is 481 g/mol. The molecule has 0 atom stereocenters. The Morgan fingerprint density at radius 3 is 2.52 bits per heavy atom. The van der Waals surface area contributed by atoms with Crippen molar-refractivity contribution in [2.45, 2.75) is 20.1 Å². The lowest BCUT2D eigenvalue weighted by Gasteiger charge is -2.15. The molecule has 0 fully saturated rings. The van der Waals surface area contributed by atoms with Gasteiger partial charge in [-0.3, -0.25) is 4.98 Å². The van der Waals surface area contributed by atoms with Gasteiger partial charge in [-0.15, -0.1) is 0 Å². The van der Waals surface area contributed by atoms with Gasteiger partial charge in [-0.2, -0.15) is 5.10 Å². The molecule has 7 nitrogen and oxygen atoms in total. The molecule has 0 bridgehead atoms. The van der Waals surface area contributed by atoms with E-state index in [9.17, 15) is 0 Å². The van der Waals surface area contributed by atoms with Gasteiger partial charge >= 0.3 is 0 Å². The van der Waals surface area contributed by atoms with Gasteiger partial charge in [-0.1, -0.05) is 35.3 Å². The van der Waals surface area contributed by atoms with Gasteiger partial charge in [0, 0.05) is 18.0 Å². The van der Waals surface area contributed by atoms with Gasteiger partial charge in [0.25, 0.3) is 0 Å². The van der Waals surface area contributed by atoms with E-state index in [4.69, 9.17) is 44.9 Å². The molecule has 0 saturated heterocycles. The maximum Gasteiger partial charge on any atom is 0.214 e. The Balaban J connectivity index is 1.48. The van der Waals surface area contributed by atoms with Crippen molar-refractivity contribution in [3.05, 3.63) is 86.9 Å². The summed E-state index contributed by atoms with van der Waals surface area (Å²) in [5.74, 6) is 1.97. The number of hydrogen-bond donors (Lipinski definition) is 2. The summed E-state index contributed by atoms with van der Waals surface area (Å²) in [6, 6.07) is 15.0. The van der Waals surface area contributed by atoms with Gasteiger partial charge in [-0.25, -0.2) is 9.77 Å². The minimum atomic E-state index is 0.341. The third kappa shape index (κ3) is 5.65. The number of halogens is 2. The van der Waals surface area contributed by atoms with Crippen molar-refractivity contribution in [1.29, 1.82) is 0 Å². The lowest BCUT2D eigenvalue weighted by molar-refractivity contribution is 0.269. The van der Waals surface area contributed by atoms with Crippen LogP contribution < -0.4 is 14.9 Å². The Morgan fingerprint density at radius 2 is 1.76 bits per heavy atom. The summed E-state index contributed by atoms with van der Waals surface area (Å²) < 4.78 is 14.0. The topological polar surface area (TPSA) is 77.0 Å². The number of H-pyrrole nitrogens is 1. The maximum absolute atomic E-state index is 6.10. The van der Waals surface area contributed by atoms with E-state index in [-0.39, 0.29) is 0 Å². The van der Waals surface area contributed by atoms with Crippen LogP contribution in [0.25, 0.3) is 11.4 Å². The van der Waals surface area contributed by atoms with Crippen molar-refractivity contribution < 1.29 is 9.47 Å². The molecular formula is C23H21Cl2N5O2S. The molecule has 0 radical (unpaired) electrons. The fraction of sp³-hybridized carbons (Fsp3) is 0.174. The van der Waals surface area contributed by atoms with E-state index in [2.05, 4.69) is 20.6 Å². The first-order valence-electron chi connectivity index (χ1n) is 10.2. The smallest absolute Gasteiger partial charge is 0.214 e. The van der Waals surface area contributed by atoms with E-state index in [1.54, 1.807) is 29.2 Å². The molecule has 170 valence electrons. The molecule has 0 unspecified atom stereocenters. The molecule has 0 aliphatic rings. The average molecular weight is 502 g/mol. The van der Waals surface area contributed by atoms with E-state index in [1.165, 1.54) is 0 Å². The summed E-state index contributed by atoms with van der Waals surface area (Å²) in [4.78, 5) is 4.05. The van der Waals surface area contributed by atoms with Crippen LogP contribution in [0.4, 0.5) is 0 Å². The lowest BCUT2D eigenvalue weighted by Crippen LogP contribution is -2.16. The van der Waals surface area contributed by atoms with E-state index in [0.29, 0.717) is 51.9 Å². The van der Waals surface area contributed by atoms with Crippen molar-refractivity contribution in [2.24, 2.45) is 0 Å². The summed E-state index contributed by atoms with van der Waals surface area (Å²) in [5, 5.41) is 8.15. The quantitative estimate of drug-likeness (QED) is 0.272. The zero-order chi connectivity index (χ0) is 23.2. The number of nitrogens with one attached hydrogen (secondary N) is 2. The average Bonchev–Trinajstić information content (AvgIpc) is 3.20. The Hall–Kier alpha value is -3.07. The zero-order valence-corrected chi connectivity index (χ0v) is 20.0. The minimum Gasteiger partial charge on any atom is -0.490 e. The molecule has 0 spiro atoms. The van der Waals surface area contributed by atoms with Gasteiger partial charge in [0.2, 0.25) is 4.77 Å². The fourth-order valence-electron chi connectivity index (χ4n) is 3.15. The SMILES string of the molecule is CCOc1cc(CNn2c(-c3ccncc3)n[nH]c2=S)ccc1OCc1ccc(Cl)c(Cl)c1. The number of hydrogen-bond acceptors (Lipinski definition) is 6. The summed E-state index contributed by atoms with van der Waals surface area (Å²) >= 11 is 17.5. The molecule has 4 aromatic rings. The molecule has 10 heteroatoms. The Morgan fingerprint density at radius 1 is 0.970 bits per heavy atom. The molecule has 0 aliphatic heterocycles. The van der Waals surface area contributed by atoms with E-state index < -0.39 is 0 Å². The molecule has 2 aromatic carbocycles. The predicted octanol–water partition coefficient (Wildman–Crippen LogP) is 6.03. The van der Waals surface area contributed by atoms with Gasteiger partial charge in [0.1, 0.15) is 6.61 Å². The zero-order valence-electron chi connectivity index (χ0n) is 17.7. The van der Waals surface area contributed by atoms with Crippen molar-refractivity contribution in [3.63, 3.8) is 0 Å². The van der Waals surface area contributed by atoms with E-state index >= 15 is 0 Å². The Bertz CT molecular complexity index is 1290. The normalized spacial score (nSPS) is 10.8. The summed E-state index contributed by atoms with van der Waals surface area (Å²) in [7, 11) is 0. The van der Waals surface area contributed by atoms with E-state index in [1.807, 2.05) is 43.3 Å². The number of aromatic nitrogens is 4. The number of rotatable bonds is 9. The van der Waals surface area contributed by atoms with Gasteiger partial charge in [-0.05, 0) is 66.7 Å². The second-order valence-corrected chi connectivity index (χ2v) is 8.21. The van der Waals surface area contributed by atoms with Gasteiger partial charge in [0.05, 0.1) is 23.2 Å².